The van der Waals surface area contributed by atoms with Crippen molar-refractivity contribution in [1.29, 1.82) is 0 Å². The molecule has 0 radical (unpaired) electrons. The number of urea groups is 1. The van der Waals surface area contributed by atoms with E-state index in [9.17, 15) is 9.59 Å². The van der Waals surface area contributed by atoms with Crippen LogP contribution in [0.5, 0.6) is 0 Å². The molecule has 9 nitrogen and oxygen atoms in total. The molecule has 0 spiro atoms. The predicted octanol–water partition coefficient (Wildman–Crippen LogP) is 4.20. The molecule has 2 aromatic heterocycles. The van der Waals surface area contributed by atoms with Gasteiger partial charge in [0.15, 0.2) is 0 Å². The molecule has 0 aliphatic carbocycles. The zero-order valence-corrected chi connectivity index (χ0v) is 22.1. The first-order valence-corrected chi connectivity index (χ1v) is 11.8. The summed E-state index contributed by atoms with van der Waals surface area (Å²) in [5.74, 6) is 0.353. The Balaban J connectivity index is 2.05. The average molecular weight is 520 g/mol. The Morgan fingerprint density at radius 3 is 2.37 bits per heavy atom. The van der Waals surface area contributed by atoms with Gasteiger partial charge in [0.05, 0.1) is 0 Å². The molecular formula is C24H29Cl2N6O3+. The molecule has 1 aliphatic heterocycles. The molecule has 0 unspecified atom stereocenters. The van der Waals surface area contributed by atoms with Gasteiger partial charge in [0.2, 0.25) is 0 Å². The molecule has 35 heavy (non-hydrogen) atoms. The number of hydrazine groups is 1. The first kappa shape index (κ1) is 26.4. The van der Waals surface area contributed by atoms with Crippen LogP contribution in [-0.4, -0.2) is 34.2 Å². The van der Waals surface area contributed by atoms with Gasteiger partial charge >= 0.3 is 17.6 Å². The molecule has 1 aliphatic rings. The van der Waals surface area contributed by atoms with Crippen molar-refractivity contribution in [1.82, 2.24) is 20.0 Å². The van der Waals surface area contributed by atoms with E-state index in [1.165, 1.54) is 12.1 Å². The monoisotopic (exact) mass is 519 g/mol. The largest absolute Gasteiger partial charge is 0.442 e. The van der Waals surface area contributed by atoms with Gasteiger partial charge in [-0.05, 0) is 56.3 Å². The highest BCUT2D eigenvalue weighted by atomic mass is 35.5. The summed E-state index contributed by atoms with van der Waals surface area (Å²) in [5.41, 5.74) is 4.79. The highest BCUT2D eigenvalue weighted by Crippen LogP contribution is 2.21. The first-order valence-electron chi connectivity index (χ1n) is 11.0. The molecule has 11 heteroatoms. The molecule has 2 N–H and O–H groups in total. The van der Waals surface area contributed by atoms with Gasteiger partial charge in [0, 0.05) is 11.8 Å². The number of nitrogens with zero attached hydrogens (tertiary/aromatic N) is 4. The molecule has 186 valence electrons. The zero-order chi connectivity index (χ0) is 26.1. The van der Waals surface area contributed by atoms with Crippen molar-refractivity contribution in [2.24, 2.45) is 0 Å². The molecule has 0 aromatic carbocycles. The summed E-state index contributed by atoms with van der Waals surface area (Å²) in [6, 6.07) is 3.91. The molecule has 2 aromatic rings. The number of pyridine rings is 2. The van der Waals surface area contributed by atoms with Gasteiger partial charge < -0.3 is 10.1 Å². The van der Waals surface area contributed by atoms with Crippen molar-refractivity contribution >= 4 is 52.5 Å². The number of carbonyl (C=O) groups is 2. The van der Waals surface area contributed by atoms with Gasteiger partial charge in [-0.15, -0.1) is 5.01 Å². The van der Waals surface area contributed by atoms with Crippen LogP contribution in [0.2, 0.25) is 10.3 Å². The summed E-state index contributed by atoms with van der Waals surface area (Å²) in [4.78, 5) is 34.5. The number of carbonyl (C=O) groups excluding carboxylic acids is 2. The van der Waals surface area contributed by atoms with E-state index in [0.29, 0.717) is 17.7 Å². The van der Waals surface area contributed by atoms with Crippen LogP contribution in [0.3, 0.4) is 0 Å². The SMILES string of the molecule is C=CC[N+]1=c2nc(N(NC(=O)Nc3cc(Cl)nc(Cl)c3)C(=O)OC(C)(C)C)cc(C(C)C)c2=C1C. The summed E-state index contributed by atoms with van der Waals surface area (Å²) in [6.07, 6.45) is 0.980. The molecular weight excluding hydrogens is 491 g/mol. The molecule has 0 fully saturated rings. The summed E-state index contributed by atoms with van der Waals surface area (Å²) < 4.78 is 7.54. The van der Waals surface area contributed by atoms with Crippen LogP contribution in [0, 0.1) is 0 Å². The predicted molar refractivity (Wildman–Crippen MR) is 138 cm³/mol. The lowest BCUT2D eigenvalue weighted by Crippen LogP contribution is -2.57. The van der Waals surface area contributed by atoms with Gasteiger partial charge in [-0.25, -0.2) is 24.6 Å². The van der Waals surface area contributed by atoms with Crippen LogP contribution in [0.4, 0.5) is 21.1 Å². The third-order valence-corrected chi connectivity index (χ3v) is 5.40. The highest BCUT2D eigenvalue weighted by molar-refractivity contribution is 6.33. The van der Waals surface area contributed by atoms with Crippen molar-refractivity contribution < 1.29 is 14.3 Å². The fourth-order valence-electron chi connectivity index (χ4n) is 3.57. The second kappa shape index (κ2) is 10.2. The lowest BCUT2D eigenvalue weighted by Gasteiger charge is -2.26. The Kier molecular flexibility index (Phi) is 7.71. The number of anilines is 2. The van der Waals surface area contributed by atoms with E-state index < -0.39 is 17.7 Å². The van der Waals surface area contributed by atoms with Crippen LogP contribution in [0.15, 0.2) is 30.9 Å². The maximum atomic E-state index is 13.2. The second-order valence-corrected chi connectivity index (χ2v) is 10.1. The summed E-state index contributed by atoms with van der Waals surface area (Å²) in [5, 5.41) is 4.82. The number of nitrogens with one attached hydrogen (secondary N) is 2. The quantitative estimate of drug-likeness (QED) is 0.267. The number of hydrogen-bond acceptors (Lipinski definition) is 5. The number of halogens is 2. The first-order chi connectivity index (χ1) is 16.3. The van der Waals surface area contributed by atoms with Crippen molar-refractivity contribution in [3.63, 3.8) is 0 Å². The standard InChI is InChI=1S/C24H28Cl2N6O3/c1-8-9-31-14(4)20-16(13(2)3)12-19(29-21(20)31)32(23(34)35-24(5,6)7)30-22(33)27-15-10-17(25)28-18(26)11-15/h8,10-13H,1,9H2,2-7H3,(H-,27,28,30,33)/p+1. The van der Waals surface area contributed by atoms with E-state index in [1.54, 1.807) is 32.9 Å². The molecule has 0 saturated carbocycles. The van der Waals surface area contributed by atoms with Gasteiger partial charge in [-0.3, -0.25) is 0 Å². The number of hydrogen-bond donors (Lipinski definition) is 2. The Labute approximate surface area is 214 Å². The maximum Gasteiger partial charge on any atom is 0.437 e. The van der Waals surface area contributed by atoms with Crippen LogP contribution in [-0.2, 0) is 4.74 Å². The zero-order valence-electron chi connectivity index (χ0n) is 20.6. The van der Waals surface area contributed by atoms with Crippen LogP contribution in [0.1, 0.15) is 53.0 Å². The molecule has 0 saturated heterocycles. The second-order valence-electron chi connectivity index (χ2n) is 9.29. The minimum atomic E-state index is -0.806. The van der Waals surface area contributed by atoms with Crippen molar-refractivity contribution in [3.05, 3.63) is 57.4 Å². The van der Waals surface area contributed by atoms with Gasteiger partial charge in [0.1, 0.15) is 33.4 Å². The Bertz CT molecular complexity index is 1300. The lowest BCUT2D eigenvalue weighted by atomic mass is 9.98. The summed E-state index contributed by atoms with van der Waals surface area (Å²) in [7, 11) is 0. The van der Waals surface area contributed by atoms with Crippen molar-refractivity contribution in [2.45, 2.75) is 53.1 Å². The topological polar surface area (TPSA) is 99.5 Å². The maximum absolute atomic E-state index is 13.2. The minimum Gasteiger partial charge on any atom is -0.442 e. The molecule has 3 heterocycles. The molecule has 3 amide bonds. The number of amides is 3. The summed E-state index contributed by atoms with van der Waals surface area (Å²) in [6.45, 7) is 15.7. The van der Waals surface area contributed by atoms with Gasteiger partial charge in [-0.2, -0.15) is 0 Å². The molecule has 3 rings (SSSR count). The third-order valence-electron chi connectivity index (χ3n) is 5.01. The van der Waals surface area contributed by atoms with E-state index >= 15 is 0 Å². The fourth-order valence-corrected chi connectivity index (χ4v) is 4.03. The number of fused-ring (bicyclic) bond motifs is 1. The van der Waals surface area contributed by atoms with E-state index in [0.717, 1.165) is 21.5 Å². The number of rotatable bonds is 5. The molecule has 0 atom stereocenters. The van der Waals surface area contributed by atoms with E-state index in [2.05, 4.69) is 41.1 Å². The smallest absolute Gasteiger partial charge is 0.437 e. The van der Waals surface area contributed by atoms with E-state index in [1.807, 2.05) is 11.5 Å². The molecule has 0 bridgehead atoms. The highest BCUT2D eigenvalue weighted by Gasteiger charge is 2.33. The van der Waals surface area contributed by atoms with Crippen molar-refractivity contribution in [3.8, 4) is 0 Å². The van der Waals surface area contributed by atoms with Crippen LogP contribution < -0.4 is 31.0 Å². The van der Waals surface area contributed by atoms with Crippen LogP contribution >= 0.6 is 23.2 Å². The lowest BCUT2D eigenvalue weighted by molar-refractivity contribution is 0.0565. The third kappa shape index (κ3) is 6.10. The minimum absolute atomic E-state index is 0.108. The normalized spacial score (nSPS) is 12.6. The Morgan fingerprint density at radius 2 is 1.83 bits per heavy atom. The summed E-state index contributed by atoms with van der Waals surface area (Å²) >= 11 is 11.8. The fraction of sp³-hybridized carbons (Fsp3) is 0.375. The number of ether oxygens (including phenoxy) is 1. The van der Waals surface area contributed by atoms with E-state index in [4.69, 9.17) is 27.9 Å². The Morgan fingerprint density at radius 1 is 1.20 bits per heavy atom. The van der Waals surface area contributed by atoms with Crippen LogP contribution in [0.25, 0.3) is 5.70 Å². The average Bonchev–Trinajstić information content (AvgIpc) is 2.72. The van der Waals surface area contributed by atoms with Crippen molar-refractivity contribution in [2.75, 3.05) is 16.9 Å². The van der Waals surface area contributed by atoms with Gasteiger partial charge in [0.25, 0.3) is 5.82 Å². The van der Waals surface area contributed by atoms with E-state index in [-0.39, 0.29) is 22.0 Å². The Hall–Kier alpha value is -3.17. The van der Waals surface area contributed by atoms with Gasteiger partial charge in [-0.1, -0.05) is 49.7 Å². The number of aromatic nitrogens is 2.